The minimum atomic E-state index is -0.743. The van der Waals surface area contributed by atoms with Crippen LogP contribution in [0.5, 0.6) is 11.5 Å². The number of ether oxygens (including phenoxy) is 2. The highest BCUT2D eigenvalue weighted by molar-refractivity contribution is 9.08. The van der Waals surface area contributed by atoms with Crippen molar-refractivity contribution in [2.75, 3.05) is 14.2 Å². The molecule has 0 atom stereocenters. The van der Waals surface area contributed by atoms with Crippen molar-refractivity contribution in [1.82, 2.24) is 40.4 Å². The molecule has 174 valence electrons. The predicted molar refractivity (Wildman–Crippen MR) is 116 cm³/mol. The number of halogens is 3. The number of hydrogen-bond acceptors (Lipinski definition) is 9. The molecule has 34 heavy (non-hydrogen) atoms. The van der Waals surface area contributed by atoms with Gasteiger partial charge in [0.05, 0.1) is 32.1 Å². The van der Waals surface area contributed by atoms with Crippen LogP contribution in [0.4, 0.5) is 8.78 Å². The third-order valence-electron chi connectivity index (χ3n) is 4.83. The zero-order chi connectivity index (χ0) is 24.2. The van der Waals surface area contributed by atoms with E-state index < -0.39 is 11.6 Å². The van der Waals surface area contributed by atoms with E-state index in [-0.39, 0.29) is 51.8 Å². The first kappa shape index (κ1) is 23.0. The molecule has 0 aliphatic carbocycles. The smallest absolute Gasteiger partial charge is 0.226 e. The summed E-state index contributed by atoms with van der Waals surface area (Å²) >= 11 is 3.27. The Kier molecular flexibility index (Phi) is 6.60. The molecule has 2 aromatic carbocycles. The Morgan fingerprint density at radius 1 is 0.912 bits per heavy atom. The zero-order valence-electron chi connectivity index (χ0n) is 17.6. The van der Waals surface area contributed by atoms with Crippen LogP contribution in [0.2, 0.25) is 0 Å². The second kappa shape index (κ2) is 9.76. The number of tetrazole rings is 2. The van der Waals surface area contributed by atoms with E-state index in [1.165, 1.54) is 41.8 Å². The van der Waals surface area contributed by atoms with Crippen LogP contribution < -0.4 is 9.47 Å². The molecule has 2 heterocycles. The monoisotopic (exact) mass is 533 g/mol. The average molecular weight is 534 g/mol. The number of nitrogens with zero attached hydrogens (tertiary/aromatic N) is 11. The zero-order valence-corrected chi connectivity index (χ0v) is 19.2. The number of aromatic nitrogens is 8. The van der Waals surface area contributed by atoms with Gasteiger partial charge in [0.15, 0.2) is 23.1 Å². The molecular weight excluding hydrogens is 520 g/mol. The Balaban J connectivity index is 1.90. The highest BCUT2D eigenvalue weighted by atomic mass is 79.9. The van der Waals surface area contributed by atoms with Gasteiger partial charge in [-0.25, -0.2) is 8.78 Å². The summed E-state index contributed by atoms with van der Waals surface area (Å²) in [6.45, 7) is -0.337. The molecule has 0 bridgehead atoms. The molecule has 0 unspecified atom stereocenters. The lowest BCUT2D eigenvalue weighted by molar-refractivity contribution is 0.384. The highest BCUT2D eigenvalue weighted by Crippen LogP contribution is 2.31. The summed E-state index contributed by atoms with van der Waals surface area (Å²) in [5.74, 6) is -1.27. The van der Waals surface area contributed by atoms with Gasteiger partial charge in [0.1, 0.15) is 0 Å². The third-order valence-corrected chi connectivity index (χ3v) is 5.39. The maximum absolute atomic E-state index is 15.0. The fourth-order valence-electron chi connectivity index (χ4n) is 3.25. The maximum atomic E-state index is 15.0. The lowest BCUT2D eigenvalue weighted by Crippen LogP contribution is -2.11. The van der Waals surface area contributed by atoms with Gasteiger partial charge >= 0.3 is 0 Å². The van der Waals surface area contributed by atoms with Gasteiger partial charge in [0.25, 0.3) is 0 Å². The molecule has 2 aromatic heterocycles. The fraction of sp³-hybridized carbons (Fsp3) is 0.222. The van der Waals surface area contributed by atoms with E-state index in [1.807, 2.05) is 0 Å². The van der Waals surface area contributed by atoms with Crippen molar-refractivity contribution in [1.29, 1.82) is 0 Å². The van der Waals surface area contributed by atoms with E-state index in [0.717, 1.165) is 0 Å². The van der Waals surface area contributed by atoms with E-state index >= 15 is 0 Å². The van der Waals surface area contributed by atoms with Crippen LogP contribution in [-0.2, 0) is 11.9 Å². The first-order valence-corrected chi connectivity index (χ1v) is 10.5. The van der Waals surface area contributed by atoms with Crippen molar-refractivity contribution in [3.63, 3.8) is 0 Å². The van der Waals surface area contributed by atoms with E-state index in [1.54, 1.807) is 6.07 Å². The quantitative estimate of drug-likeness (QED) is 0.144. The van der Waals surface area contributed by atoms with Crippen LogP contribution in [0, 0.1) is 11.6 Å². The molecule has 13 nitrogen and oxygen atoms in total. The number of methoxy groups -OCH3 is 2. The van der Waals surface area contributed by atoms with Crippen molar-refractivity contribution in [3.8, 4) is 34.5 Å². The number of azide groups is 1. The molecule has 0 aliphatic heterocycles. The molecule has 16 heteroatoms. The molecule has 0 amide bonds. The van der Waals surface area contributed by atoms with Crippen LogP contribution >= 0.6 is 15.9 Å². The average Bonchev–Trinajstić information content (AvgIpc) is 3.52. The van der Waals surface area contributed by atoms with E-state index in [2.05, 4.69) is 57.0 Å². The first-order valence-electron chi connectivity index (χ1n) is 9.41. The normalized spacial score (nSPS) is 10.7. The van der Waals surface area contributed by atoms with Crippen LogP contribution in [0.25, 0.3) is 33.5 Å². The van der Waals surface area contributed by atoms with Gasteiger partial charge in [-0.05, 0) is 50.7 Å². The Labute approximate surface area is 198 Å². The number of alkyl halides is 1. The molecule has 0 radical (unpaired) electrons. The second-order valence-electron chi connectivity index (χ2n) is 6.51. The second-order valence-corrected chi connectivity index (χ2v) is 7.07. The molecule has 0 saturated carbocycles. The fourth-order valence-corrected chi connectivity index (χ4v) is 3.78. The molecular formula is C18H14BrF2N11O2. The van der Waals surface area contributed by atoms with Gasteiger partial charge in [0, 0.05) is 21.4 Å². The summed E-state index contributed by atoms with van der Waals surface area (Å²) in [6, 6.07) is 5.88. The third kappa shape index (κ3) is 3.88. The summed E-state index contributed by atoms with van der Waals surface area (Å²) in [4.78, 5) is 2.69. The lowest BCUT2D eigenvalue weighted by Gasteiger charge is -2.14. The van der Waals surface area contributed by atoms with Crippen molar-refractivity contribution < 1.29 is 18.3 Å². The van der Waals surface area contributed by atoms with Gasteiger partial charge in [0.2, 0.25) is 11.6 Å². The van der Waals surface area contributed by atoms with Gasteiger partial charge in [-0.3, -0.25) is 0 Å². The standard InChI is InChI=1S/C18H14BrF2N11O2/c1-33-13-5-3-11(9(7-19)15(13)20)31-17(24-27-29-31)18-25-28-30-32(18)12-4-6-14(34-2)16(21)10(12)8-23-26-22/h3-6H,7-8H2,1-2H3. The van der Waals surface area contributed by atoms with Crippen molar-refractivity contribution in [2.45, 2.75) is 11.9 Å². The molecule has 4 aromatic rings. The van der Waals surface area contributed by atoms with Crippen LogP contribution in [0.3, 0.4) is 0 Å². The Morgan fingerprint density at radius 2 is 1.41 bits per heavy atom. The Bertz CT molecular complexity index is 1400. The first-order chi connectivity index (χ1) is 16.5. The number of hydrogen-bond donors (Lipinski definition) is 0. The van der Waals surface area contributed by atoms with E-state index in [9.17, 15) is 8.78 Å². The predicted octanol–water partition coefficient (Wildman–Crippen LogP) is 3.31. The van der Waals surface area contributed by atoms with Gasteiger partial charge in [-0.1, -0.05) is 21.0 Å². The maximum Gasteiger partial charge on any atom is 0.226 e. The largest absolute Gasteiger partial charge is 0.494 e. The minimum Gasteiger partial charge on any atom is -0.494 e. The molecule has 0 saturated heterocycles. The Hall–Kier alpha value is -4.17. The topological polar surface area (TPSA) is 154 Å². The minimum absolute atomic E-state index is 0.0126. The Morgan fingerprint density at radius 3 is 1.88 bits per heavy atom. The number of benzene rings is 2. The van der Waals surface area contributed by atoms with E-state index in [0.29, 0.717) is 5.69 Å². The molecule has 0 fully saturated rings. The van der Waals surface area contributed by atoms with Crippen molar-refractivity contribution in [2.24, 2.45) is 5.11 Å². The molecule has 0 aliphatic rings. The van der Waals surface area contributed by atoms with Crippen LogP contribution in [0.15, 0.2) is 29.4 Å². The summed E-state index contributed by atoms with van der Waals surface area (Å²) in [6.07, 6.45) is 0. The SMILES string of the molecule is COc1ccc(-n2nnnc2-c2nnnn2-c2ccc(OC)c(F)c2CN=[N+]=[N-])c(CBr)c1F. The summed E-state index contributed by atoms with van der Waals surface area (Å²) < 4.78 is 42.3. The van der Waals surface area contributed by atoms with Crippen molar-refractivity contribution in [3.05, 3.63) is 57.5 Å². The molecule has 0 spiro atoms. The van der Waals surface area contributed by atoms with Crippen molar-refractivity contribution >= 4 is 15.9 Å². The lowest BCUT2D eigenvalue weighted by atomic mass is 10.1. The van der Waals surface area contributed by atoms with Crippen LogP contribution in [-0.4, -0.2) is 54.6 Å². The highest BCUT2D eigenvalue weighted by Gasteiger charge is 2.25. The van der Waals surface area contributed by atoms with Gasteiger partial charge in [-0.15, -0.1) is 10.2 Å². The number of rotatable bonds is 8. The van der Waals surface area contributed by atoms with Gasteiger partial charge < -0.3 is 9.47 Å². The summed E-state index contributed by atoms with van der Waals surface area (Å²) in [5.41, 5.74) is 9.42. The van der Waals surface area contributed by atoms with Gasteiger partial charge in [-0.2, -0.15) is 9.36 Å². The molecule has 4 rings (SSSR count). The summed E-state index contributed by atoms with van der Waals surface area (Å²) in [5, 5.41) is 26.8. The van der Waals surface area contributed by atoms with E-state index in [4.69, 9.17) is 15.0 Å². The molecule has 0 N–H and O–H groups in total. The summed E-state index contributed by atoms with van der Waals surface area (Å²) in [7, 11) is 2.66. The van der Waals surface area contributed by atoms with Crippen LogP contribution in [0.1, 0.15) is 11.1 Å².